The highest BCUT2D eigenvalue weighted by Gasteiger charge is 2.37. The molecule has 110 valence electrons. The first-order valence-corrected chi connectivity index (χ1v) is 7.85. The van der Waals surface area contributed by atoms with Crippen molar-refractivity contribution in [1.29, 1.82) is 0 Å². The van der Waals surface area contributed by atoms with Crippen molar-refractivity contribution in [2.75, 3.05) is 6.61 Å². The van der Waals surface area contributed by atoms with E-state index in [1.807, 2.05) is 0 Å². The third-order valence-electron chi connectivity index (χ3n) is 3.63. The molecule has 6 nitrogen and oxygen atoms in total. The topological polar surface area (TPSA) is 104 Å². The molecule has 20 heavy (non-hydrogen) atoms. The molecular weight excluding hydrogens is 282 g/mol. The SMILES string of the molecule is O=C(O)c1ccc(S(=O)(=O)NC2(CO)CCCC2)cc1. The van der Waals surface area contributed by atoms with Crippen LogP contribution in [0.15, 0.2) is 29.2 Å². The molecule has 0 amide bonds. The van der Waals surface area contributed by atoms with Gasteiger partial charge in [-0.3, -0.25) is 0 Å². The van der Waals surface area contributed by atoms with Crippen molar-refractivity contribution in [2.45, 2.75) is 36.1 Å². The summed E-state index contributed by atoms with van der Waals surface area (Å²) in [6.07, 6.45) is 2.97. The predicted octanol–water partition coefficient (Wildman–Crippen LogP) is 0.968. The highest BCUT2D eigenvalue weighted by atomic mass is 32.2. The van der Waals surface area contributed by atoms with Gasteiger partial charge in [0.1, 0.15) is 0 Å². The third kappa shape index (κ3) is 3.00. The van der Waals surface area contributed by atoms with Crippen LogP contribution < -0.4 is 4.72 Å². The Morgan fingerprint density at radius 2 is 1.75 bits per heavy atom. The lowest BCUT2D eigenvalue weighted by Crippen LogP contribution is -2.49. The van der Waals surface area contributed by atoms with Crippen LogP contribution in [0.1, 0.15) is 36.0 Å². The number of carboxylic acid groups (broad SMARTS) is 1. The van der Waals surface area contributed by atoms with E-state index in [0.29, 0.717) is 12.8 Å². The molecule has 0 unspecified atom stereocenters. The van der Waals surface area contributed by atoms with E-state index in [4.69, 9.17) is 5.11 Å². The normalized spacial score (nSPS) is 18.1. The van der Waals surface area contributed by atoms with Crippen molar-refractivity contribution in [3.8, 4) is 0 Å². The number of nitrogens with one attached hydrogen (secondary N) is 1. The van der Waals surface area contributed by atoms with Crippen LogP contribution in [-0.4, -0.2) is 36.7 Å². The maximum absolute atomic E-state index is 12.3. The van der Waals surface area contributed by atoms with E-state index in [1.165, 1.54) is 24.3 Å². The molecule has 1 saturated carbocycles. The van der Waals surface area contributed by atoms with E-state index in [1.54, 1.807) is 0 Å². The van der Waals surface area contributed by atoms with Crippen molar-refractivity contribution in [3.05, 3.63) is 29.8 Å². The number of hydrogen-bond donors (Lipinski definition) is 3. The zero-order valence-electron chi connectivity index (χ0n) is 10.9. The van der Waals surface area contributed by atoms with Gasteiger partial charge in [0, 0.05) is 0 Å². The summed E-state index contributed by atoms with van der Waals surface area (Å²) in [7, 11) is -3.76. The van der Waals surface area contributed by atoms with Gasteiger partial charge in [0.15, 0.2) is 0 Å². The third-order valence-corrected chi connectivity index (χ3v) is 5.22. The van der Waals surface area contributed by atoms with Gasteiger partial charge in [0.2, 0.25) is 10.0 Å². The number of aromatic carboxylic acids is 1. The maximum atomic E-state index is 12.3. The van der Waals surface area contributed by atoms with Gasteiger partial charge in [-0.15, -0.1) is 0 Å². The van der Waals surface area contributed by atoms with Crippen LogP contribution in [-0.2, 0) is 10.0 Å². The minimum absolute atomic E-state index is 0.00206. The van der Waals surface area contributed by atoms with Gasteiger partial charge in [0.05, 0.1) is 22.6 Å². The Kier molecular flexibility index (Phi) is 4.12. The van der Waals surface area contributed by atoms with E-state index in [9.17, 15) is 18.3 Å². The lowest BCUT2D eigenvalue weighted by atomic mass is 10.0. The largest absolute Gasteiger partial charge is 0.478 e. The standard InChI is InChI=1S/C13H17NO5S/c15-9-13(7-1-2-8-13)14-20(18,19)11-5-3-10(4-6-11)12(16)17/h3-6,14-15H,1-2,7-9H2,(H,16,17). The lowest BCUT2D eigenvalue weighted by molar-refractivity contribution is 0.0696. The van der Waals surface area contributed by atoms with Crippen molar-refractivity contribution in [2.24, 2.45) is 0 Å². The molecule has 0 radical (unpaired) electrons. The second-order valence-electron chi connectivity index (χ2n) is 5.08. The van der Waals surface area contributed by atoms with E-state index in [2.05, 4.69) is 4.72 Å². The van der Waals surface area contributed by atoms with Crippen LogP contribution in [0.5, 0.6) is 0 Å². The van der Waals surface area contributed by atoms with Crippen molar-refractivity contribution >= 4 is 16.0 Å². The van der Waals surface area contributed by atoms with E-state index >= 15 is 0 Å². The van der Waals surface area contributed by atoms with Gasteiger partial charge in [-0.1, -0.05) is 12.8 Å². The number of hydrogen-bond acceptors (Lipinski definition) is 4. The summed E-state index contributed by atoms with van der Waals surface area (Å²) in [4.78, 5) is 10.7. The molecule has 0 atom stereocenters. The fourth-order valence-electron chi connectivity index (χ4n) is 2.46. The highest BCUT2D eigenvalue weighted by Crippen LogP contribution is 2.30. The summed E-state index contributed by atoms with van der Waals surface area (Å²) in [6, 6.07) is 5.01. The number of carbonyl (C=O) groups is 1. The molecule has 1 aliphatic rings. The zero-order chi connectivity index (χ0) is 14.8. The van der Waals surface area contributed by atoms with E-state index in [0.717, 1.165) is 12.8 Å². The van der Waals surface area contributed by atoms with Crippen LogP contribution in [0.2, 0.25) is 0 Å². The Morgan fingerprint density at radius 1 is 1.20 bits per heavy atom. The molecule has 0 aromatic heterocycles. The number of aliphatic hydroxyl groups excluding tert-OH is 1. The number of rotatable bonds is 5. The number of sulfonamides is 1. The Hall–Kier alpha value is -1.44. The molecule has 0 aliphatic heterocycles. The zero-order valence-corrected chi connectivity index (χ0v) is 11.7. The average Bonchev–Trinajstić information content (AvgIpc) is 2.87. The van der Waals surface area contributed by atoms with Crippen molar-refractivity contribution in [1.82, 2.24) is 4.72 Å². The Balaban J connectivity index is 2.23. The second kappa shape index (κ2) is 5.51. The minimum atomic E-state index is -3.76. The fourth-order valence-corrected chi connectivity index (χ4v) is 3.92. The highest BCUT2D eigenvalue weighted by molar-refractivity contribution is 7.89. The van der Waals surface area contributed by atoms with Crippen LogP contribution in [0.3, 0.4) is 0 Å². The Morgan fingerprint density at radius 3 is 2.20 bits per heavy atom. The van der Waals surface area contributed by atoms with E-state index in [-0.39, 0.29) is 17.1 Å². The lowest BCUT2D eigenvalue weighted by Gasteiger charge is -2.27. The van der Waals surface area contributed by atoms with Crippen molar-refractivity contribution < 1.29 is 23.4 Å². The van der Waals surface area contributed by atoms with Gasteiger partial charge in [-0.2, -0.15) is 0 Å². The van der Waals surface area contributed by atoms with Gasteiger partial charge in [-0.25, -0.2) is 17.9 Å². The summed E-state index contributed by atoms with van der Waals surface area (Å²) in [5.41, 5.74) is -0.758. The smallest absolute Gasteiger partial charge is 0.335 e. The van der Waals surface area contributed by atoms with Crippen LogP contribution in [0, 0.1) is 0 Å². The molecule has 0 heterocycles. The predicted molar refractivity (Wildman–Crippen MR) is 72.0 cm³/mol. The quantitative estimate of drug-likeness (QED) is 0.751. The van der Waals surface area contributed by atoms with Crippen molar-refractivity contribution in [3.63, 3.8) is 0 Å². The number of carboxylic acids is 1. The molecular formula is C13H17NO5S. The summed E-state index contributed by atoms with van der Waals surface area (Å²) in [5.74, 6) is -1.11. The number of benzene rings is 1. The molecule has 0 spiro atoms. The van der Waals surface area contributed by atoms with Gasteiger partial charge in [0.25, 0.3) is 0 Å². The van der Waals surface area contributed by atoms with Gasteiger partial charge >= 0.3 is 5.97 Å². The van der Waals surface area contributed by atoms with E-state index < -0.39 is 21.5 Å². The Labute approximate surface area is 117 Å². The molecule has 0 saturated heterocycles. The second-order valence-corrected chi connectivity index (χ2v) is 6.76. The summed E-state index contributed by atoms with van der Waals surface area (Å²) in [6.45, 7) is -0.237. The van der Waals surface area contributed by atoms with Crippen LogP contribution in [0.4, 0.5) is 0 Å². The van der Waals surface area contributed by atoms with Gasteiger partial charge < -0.3 is 10.2 Å². The molecule has 3 N–H and O–H groups in total. The number of aliphatic hydroxyl groups is 1. The molecule has 1 aliphatic carbocycles. The summed E-state index contributed by atoms with van der Waals surface area (Å²) < 4.78 is 27.1. The molecule has 1 aromatic carbocycles. The summed E-state index contributed by atoms with van der Waals surface area (Å²) in [5, 5.41) is 18.2. The molecule has 1 fully saturated rings. The average molecular weight is 299 g/mol. The fraction of sp³-hybridized carbons (Fsp3) is 0.462. The summed E-state index contributed by atoms with van der Waals surface area (Å²) >= 11 is 0. The molecule has 7 heteroatoms. The first kappa shape index (κ1) is 15.0. The molecule has 1 aromatic rings. The first-order chi connectivity index (χ1) is 9.38. The monoisotopic (exact) mass is 299 g/mol. The van der Waals surface area contributed by atoms with Crippen LogP contribution >= 0.6 is 0 Å². The first-order valence-electron chi connectivity index (χ1n) is 6.37. The maximum Gasteiger partial charge on any atom is 0.335 e. The minimum Gasteiger partial charge on any atom is -0.478 e. The molecule has 2 rings (SSSR count). The molecule has 0 bridgehead atoms. The van der Waals surface area contributed by atoms with Crippen LogP contribution in [0.25, 0.3) is 0 Å². The van der Waals surface area contributed by atoms with Gasteiger partial charge in [-0.05, 0) is 37.1 Å². The Bertz CT molecular complexity index is 588.